The zero-order valence-electron chi connectivity index (χ0n) is 13.7. The highest BCUT2D eigenvalue weighted by Crippen LogP contribution is 2.22. The number of hydrogen-bond acceptors (Lipinski definition) is 3. The van der Waals surface area contributed by atoms with Gasteiger partial charge in [0.15, 0.2) is 5.15 Å². The van der Waals surface area contributed by atoms with Crippen LogP contribution in [0.1, 0.15) is 21.6 Å². The van der Waals surface area contributed by atoms with Crippen molar-refractivity contribution in [3.63, 3.8) is 0 Å². The lowest BCUT2D eigenvalue weighted by Crippen LogP contribution is -2.15. The van der Waals surface area contributed by atoms with Crippen LogP contribution >= 0.6 is 11.6 Å². The molecular formula is C18H14ClFN4O2. The maximum Gasteiger partial charge on any atom is 0.248 e. The van der Waals surface area contributed by atoms with Crippen LogP contribution in [0, 0.1) is 12.7 Å². The highest BCUT2D eigenvalue weighted by molar-refractivity contribution is 6.31. The van der Waals surface area contributed by atoms with E-state index in [1.807, 2.05) is 12.1 Å². The van der Waals surface area contributed by atoms with Gasteiger partial charge in [0.1, 0.15) is 11.5 Å². The molecule has 6 nitrogen and oxygen atoms in total. The molecule has 0 saturated heterocycles. The molecule has 0 bridgehead atoms. The monoisotopic (exact) mass is 372 g/mol. The van der Waals surface area contributed by atoms with Crippen LogP contribution in [0.3, 0.4) is 0 Å². The molecule has 0 aliphatic heterocycles. The standard InChI is InChI=1S/C18H14ClFN4O2/c1-10-12(20)8-11(18(21)26)9-13(10)22-16(25)6-5-14-17(19)23-15-4-2-3-7-24(14)15/h2-9H,1H3,(H2,21,26)(H,22,25). The number of benzene rings is 1. The summed E-state index contributed by atoms with van der Waals surface area (Å²) in [4.78, 5) is 27.6. The van der Waals surface area contributed by atoms with Gasteiger partial charge in [0, 0.05) is 29.1 Å². The molecule has 2 amide bonds. The number of hydrogen-bond donors (Lipinski definition) is 2. The summed E-state index contributed by atoms with van der Waals surface area (Å²) >= 11 is 6.10. The highest BCUT2D eigenvalue weighted by atomic mass is 35.5. The first-order chi connectivity index (χ1) is 12.4. The maximum atomic E-state index is 13.9. The lowest BCUT2D eigenvalue weighted by Gasteiger charge is -2.09. The molecule has 1 aromatic carbocycles. The van der Waals surface area contributed by atoms with Crippen LogP contribution in [0.15, 0.2) is 42.6 Å². The van der Waals surface area contributed by atoms with Crippen molar-refractivity contribution in [2.24, 2.45) is 5.73 Å². The second kappa shape index (κ2) is 6.97. The molecule has 0 atom stereocenters. The molecule has 0 unspecified atom stereocenters. The van der Waals surface area contributed by atoms with Gasteiger partial charge in [-0.05, 0) is 37.3 Å². The third kappa shape index (κ3) is 3.43. The SMILES string of the molecule is Cc1c(F)cc(C(N)=O)cc1NC(=O)C=Cc1c(Cl)nc2ccccn12. The summed E-state index contributed by atoms with van der Waals surface area (Å²) in [5.41, 5.74) is 6.68. The molecule has 0 aliphatic rings. The molecule has 3 rings (SSSR count). The number of primary amides is 1. The van der Waals surface area contributed by atoms with Gasteiger partial charge in [0.25, 0.3) is 0 Å². The second-order valence-electron chi connectivity index (χ2n) is 5.53. The summed E-state index contributed by atoms with van der Waals surface area (Å²) in [6, 6.07) is 7.77. The van der Waals surface area contributed by atoms with Crippen molar-refractivity contribution in [2.75, 3.05) is 5.32 Å². The number of imidazole rings is 1. The zero-order valence-corrected chi connectivity index (χ0v) is 14.4. The van der Waals surface area contributed by atoms with E-state index in [-0.39, 0.29) is 22.0 Å². The summed E-state index contributed by atoms with van der Waals surface area (Å²) in [6.07, 6.45) is 4.51. The van der Waals surface area contributed by atoms with Crippen LogP contribution in [-0.4, -0.2) is 21.2 Å². The number of amides is 2. The predicted molar refractivity (Wildman–Crippen MR) is 97.5 cm³/mol. The number of fused-ring (bicyclic) bond motifs is 1. The van der Waals surface area contributed by atoms with Gasteiger partial charge in [-0.1, -0.05) is 17.7 Å². The lowest BCUT2D eigenvalue weighted by atomic mass is 10.1. The van der Waals surface area contributed by atoms with Gasteiger partial charge in [0.05, 0.1) is 5.69 Å². The Morgan fingerprint density at radius 2 is 2.12 bits per heavy atom. The molecule has 0 spiro atoms. The molecule has 0 radical (unpaired) electrons. The number of rotatable bonds is 4. The topological polar surface area (TPSA) is 89.5 Å². The first-order valence-electron chi connectivity index (χ1n) is 7.58. The van der Waals surface area contributed by atoms with Crippen LogP contribution in [-0.2, 0) is 4.79 Å². The largest absolute Gasteiger partial charge is 0.366 e. The van der Waals surface area contributed by atoms with Crippen molar-refractivity contribution < 1.29 is 14.0 Å². The van der Waals surface area contributed by atoms with E-state index in [0.29, 0.717) is 11.3 Å². The summed E-state index contributed by atoms with van der Waals surface area (Å²) in [7, 11) is 0. The average Bonchev–Trinajstić information content (AvgIpc) is 2.92. The van der Waals surface area contributed by atoms with E-state index in [0.717, 1.165) is 6.07 Å². The smallest absolute Gasteiger partial charge is 0.248 e. The number of nitrogens with two attached hydrogens (primary N) is 1. The number of aromatic nitrogens is 2. The molecule has 26 heavy (non-hydrogen) atoms. The van der Waals surface area contributed by atoms with Crippen molar-refractivity contribution in [1.29, 1.82) is 0 Å². The molecule has 0 aliphatic carbocycles. The third-order valence-corrected chi connectivity index (χ3v) is 4.08. The van der Waals surface area contributed by atoms with E-state index >= 15 is 0 Å². The molecule has 0 fully saturated rings. The van der Waals surface area contributed by atoms with Gasteiger partial charge in [-0.2, -0.15) is 0 Å². The normalized spacial score (nSPS) is 11.2. The van der Waals surface area contributed by atoms with E-state index in [9.17, 15) is 14.0 Å². The van der Waals surface area contributed by atoms with Crippen LogP contribution in [0.5, 0.6) is 0 Å². The first kappa shape index (κ1) is 17.6. The molecule has 0 saturated carbocycles. The van der Waals surface area contributed by atoms with Crippen LogP contribution in [0.2, 0.25) is 5.15 Å². The van der Waals surface area contributed by atoms with Crippen molar-refractivity contribution in [2.45, 2.75) is 6.92 Å². The Morgan fingerprint density at radius 3 is 2.85 bits per heavy atom. The fourth-order valence-electron chi connectivity index (χ4n) is 2.42. The number of nitrogens with zero attached hydrogens (tertiary/aromatic N) is 2. The van der Waals surface area contributed by atoms with Crippen LogP contribution in [0.25, 0.3) is 11.7 Å². The number of nitrogens with one attached hydrogen (secondary N) is 1. The minimum Gasteiger partial charge on any atom is -0.366 e. The van der Waals surface area contributed by atoms with E-state index in [1.165, 1.54) is 25.1 Å². The first-order valence-corrected chi connectivity index (χ1v) is 7.96. The minimum atomic E-state index is -0.785. The molecule has 3 N–H and O–H groups in total. The molecular weight excluding hydrogens is 359 g/mol. The molecule has 2 heterocycles. The fourth-order valence-corrected chi connectivity index (χ4v) is 2.66. The molecule has 8 heteroatoms. The lowest BCUT2D eigenvalue weighted by molar-refractivity contribution is -0.111. The number of pyridine rings is 1. The van der Waals surface area contributed by atoms with Crippen molar-refractivity contribution in [3.05, 3.63) is 70.4 Å². The Bertz CT molecular complexity index is 1060. The predicted octanol–water partition coefficient (Wildman–Crippen LogP) is 3.19. The van der Waals surface area contributed by atoms with Gasteiger partial charge in [-0.15, -0.1) is 0 Å². The third-order valence-electron chi connectivity index (χ3n) is 3.80. The van der Waals surface area contributed by atoms with Crippen molar-refractivity contribution in [3.8, 4) is 0 Å². The van der Waals surface area contributed by atoms with E-state index in [4.69, 9.17) is 17.3 Å². The van der Waals surface area contributed by atoms with Crippen molar-refractivity contribution >= 4 is 40.8 Å². The quantitative estimate of drug-likeness (QED) is 0.689. The summed E-state index contributed by atoms with van der Waals surface area (Å²) in [5, 5.41) is 2.78. The van der Waals surface area contributed by atoms with E-state index in [1.54, 1.807) is 16.7 Å². The summed E-state index contributed by atoms with van der Waals surface area (Å²) in [6.45, 7) is 1.49. The maximum absolute atomic E-state index is 13.9. The summed E-state index contributed by atoms with van der Waals surface area (Å²) < 4.78 is 15.6. The van der Waals surface area contributed by atoms with E-state index in [2.05, 4.69) is 10.3 Å². The number of anilines is 1. The average molecular weight is 373 g/mol. The molecule has 132 valence electrons. The van der Waals surface area contributed by atoms with Gasteiger partial charge in [-0.25, -0.2) is 9.37 Å². The Hall–Kier alpha value is -3.19. The van der Waals surface area contributed by atoms with Crippen LogP contribution < -0.4 is 11.1 Å². The molecule has 2 aromatic heterocycles. The minimum absolute atomic E-state index is 0.0304. The Kier molecular flexibility index (Phi) is 4.73. The van der Waals surface area contributed by atoms with E-state index < -0.39 is 17.6 Å². The summed E-state index contributed by atoms with van der Waals surface area (Å²) in [5.74, 6) is -1.94. The second-order valence-corrected chi connectivity index (χ2v) is 5.89. The van der Waals surface area contributed by atoms with Gasteiger partial charge < -0.3 is 11.1 Å². The van der Waals surface area contributed by atoms with Gasteiger partial charge in [-0.3, -0.25) is 14.0 Å². The van der Waals surface area contributed by atoms with Gasteiger partial charge in [0.2, 0.25) is 11.8 Å². The molecule has 3 aromatic rings. The van der Waals surface area contributed by atoms with Crippen LogP contribution in [0.4, 0.5) is 10.1 Å². The van der Waals surface area contributed by atoms with Gasteiger partial charge >= 0.3 is 0 Å². The van der Waals surface area contributed by atoms with Crippen molar-refractivity contribution in [1.82, 2.24) is 9.38 Å². The zero-order chi connectivity index (χ0) is 18.8. The number of carbonyl (C=O) groups excluding carboxylic acids is 2. The Balaban J connectivity index is 1.86. The Morgan fingerprint density at radius 1 is 1.35 bits per heavy atom. The number of carbonyl (C=O) groups is 2. The fraction of sp³-hybridized carbons (Fsp3) is 0.0556. The Labute approximate surface area is 153 Å². The number of halogens is 2. The highest BCUT2D eigenvalue weighted by Gasteiger charge is 2.12.